The number of carbonyl (C=O) groups is 2. The lowest BCUT2D eigenvalue weighted by Crippen LogP contribution is -2.28. The second-order valence-electron chi connectivity index (χ2n) is 13.6. The quantitative estimate of drug-likeness (QED) is 0.0206. The van der Waals surface area contributed by atoms with Crippen LogP contribution in [0, 0.1) is 20.2 Å². The predicted octanol–water partition coefficient (Wildman–Crippen LogP) is 7.68. The van der Waals surface area contributed by atoms with E-state index in [1.165, 1.54) is 40.2 Å². The van der Waals surface area contributed by atoms with Crippen molar-refractivity contribution in [2.75, 3.05) is 0 Å². The van der Waals surface area contributed by atoms with E-state index in [4.69, 9.17) is 22.7 Å². The second-order valence-corrected chi connectivity index (χ2v) is 15.8. The van der Waals surface area contributed by atoms with Crippen molar-refractivity contribution in [1.82, 2.24) is 19.6 Å². The molecule has 2 aromatic heterocycles. The van der Waals surface area contributed by atoms with E-state index in [0.29, 0.717) is 0 Å². The molecule has 5 aromatic carbocycles. The molecule has 0 saturated heterocycles. The van der Waals surface area contributed by atoms with E-state index >= 15 is 0 Å². The highest BCUT2D eigenvalue weighted by molar-refractivity contribution is 7.79. The molecule has 344 valence electrons. The highest BCUT2D eigenvalue weighted by Crippen LogP contribution is 2.37. The van der Waals surface area contributed by atoms with Crippen molar-refractivity contribution in [3.63, 3.8) is 0 Å². The summed E-state index contributed by atoms with van der Waals surface area (Å²) in [6.45, 7) is 0. The van der Waals surface area contributed by atoms with Gasteiger partial charge >= 0.3 is 23.7 Å². The van der Waals surface area contributed by atoms with E-state index in [-0.39, 0.29) is 22.5 Å². The Morgan fingerprint density at radius 1 is 0.612 bits per heavy atom. The molecule has 6 N–H and O–H groups in total. The van der Waals surface area contributed by atoms with Crippen LogP contribution in [0.4, 0.5) is 37.7 Å². The lowest BCUT2D eigenvalue weighted by atomic mass is 10.1. The summed E-state index contributed by atoms with van der Waals surface area (Å²) >= 11 is 0. The zero-order chi connectivity index (χ0) is 49.1. The van der Waals surface area contributed by atoms with Gasteiger partial charge in [0.25, 0.3) is 11.8 Å². The summed E-state index contributed by atoms with van der Waals surface area (Å²) < 4.78 is 78.0. The minimum Gasteiger partial charge on any atom is -0.364 e. The van der Waals surface area contributed by atoms with Crippen molar-refractivity contribution in [3.8, 4) is 11.4 Å². The topological polar surface area (TPSA) is 283 Å². The van der Waals surface area contributed by atoms with Gasteiger partial charge in [-0.25, -0.2) is 9.36 Å². The Hall–Kier alpha value is -8.46. The molecular formula is C42H33F6N12O6P. The number of primary amides is 2. The van der Waals surface area contributed by atoms with E-state index in [1.54, 1.807) is 0 Å². The van der Waals surface area contributed by atoms with Gasteiger partial charge < -0.3 is 17.2 Å². The lowest BCUT2D eigenvalue weighted by Gasteiger charge is -2.18. The largest absolute Gasteiger partial charge is 0.407 e. The highest BCUT2D eigenvalue weighted by atomic mass is 31.1. The van der Waals surface area contributed by atoms with Gasteiger partial charge in [-0.15, -0.1) is 0 Å². The van der Waals surface area contributed by atoms with Crippen LogP contribution in [0.15, 0.2) is 157 Å². The molecule has 18 nitrogen and oxygen atoms in total. The van der Waals surface area contributed by atoms with Gasteiger partial charge in [0.15, 0.2) is 6.04 Å². The molecule has 2 unspecified atom stereocenters. The molecule has 0 aliphatic carbocycles. The van der Waals surface area contributed by atoms with E-state index < -0.39 is 76.8 Å². The molecule has 7 rings (SSSR count). The Balaban J connectivity index is 0.000000190. The lowest BCUT2D eigenvalue weighted by molar-refractivity contribution is -0.385. The average Bonchev–Trinajstić information content (AvgIpc) is 3.97. The summed E-state index contributed by atoms with van der Waals surface area (Å²) in [5.41, 5.74) is 20.8. The molecule has 0 spiro atoms. The van der Waals surface area contributed by atoms with Crippen LogP contribution < -0.4 is 33.1 Å². The average molecular weight is 947 g/mol. The first kappa shape index (κ1) is 49.6. The van der Waals surface area contributed by atoms with Crippen LogP contribution in [-0.4, -0.2) is 53.6 Å². The van der Waals surface area contributed by atoms with Crippen LogP contribution >= 0.6 is 7.92 Å². The maximum atomic E-state index is 12.8. The highest BCUT2D eigenvalue weighted by Gasteiger charge is 2.40. The van der Waals surface area contributed by atoms with Crippen LogP contribution in [0.1, 0.15) is 44.2 Å². The van der Waals surface area contributed by atoms with Crippen LogP contribution in [0.3, 0.4) is 0 Å². The van der Waals surface area contributed by atoms with Crippen molar-refractivity contribution in [1.29, 1.82) is 0 Å². The molecular weight excluding hydrogens is 914 g/mol. The molecule has 0 aliphatic rings. The first-order chi connectivity index (χ1) is 31.7. The number of hydrogen-bond acceptors (Lipinski definition) is 10. The van der Waals surface area contributed by atoms with Crippen molar-refractivity contribution in [2.45, 2.75) is 24.4 Å². The minimum absolute atomic E-state index is 0.140. The number of nitrogens with two attached hydrogens (primary N) is 3. The number of nitro groups is 2. The van der Waals surface area contributed by atoms with Crippen LogP contribution in [0.25, 0.3) is 21.8 Å². The third-order valence-corrected chi connectivity index (χ3v) is 11.6. The Kier molecular flexibility index (Phi) is 15.9. The van der Waals surface area contributed by atoms with Gasteiger partial charge in [0, 0.05) is 4.91 Å². The number of carbonyl (C=O) groups excluding carboxylic acids is 2. The predicted molar refractivity (Wildman–Crippen MR) is 234 cm³/mol. The number of halogens is 6. The Morgan fingerprint density at radius 3 is 1.22 bits per heavy atom. The molecule has 0 radical (unpaired) electrons. The molecule has 2 atom stereocenters. The smallest absolute Gasteiger partial charge is 0.364 e. The van der Waals surface area contributed by atoms with Crippen molar-refractivity contribution >= 4 is 47.0 Å². The number of amides is 2. The number of aromatic nitrogens is 4. The van der Waals surface area contributed by atoms with Crippen LogP contribution in [-0.2, 0) is 0 Å². The third kappa shape index (κ3) is 12.6. The molecule has 2 heterocycles. The van der Waals surface area contributed by atoms with Gasteiger partial charge in [-0.2, -0.15) is 36.5 Å². The summed E-state index contributed by atoms with van der Waals surface area (Å²) in [6.07, 6.45) is -7.52. The standard InChI is InChI=1S/C18H15P.C12H8F3N7O3.C12H10F3N5O3/c1-4-10-16(11-5-1)19(17-12-6-2-7-13-17)18-14-8-3-9-15-18;13-12(14,15)10(18-20-17)6-1-3-7(4-2-6)21-5-8(22(24)25)9(19-21)11(16)23;13-12(14,15)10(16)6-1-3-7(4-2-6)19-5-8(20(22)23)9(18-19)11(17)21/h1-15H;1-5,10H,(H2,16,23);1-5,10H,16H2,(H2,17,21). The number of nitrogens with zero attached hydrogens (tertiary/aromatic N) is 9. The molecule has 7 aromatic rings. The number of alkyl halides is 6. The number of benzene rings is 5. The molecule has 0 bridgehead atoms. The van der Waals surface area contributed by atoms with Crippen LogP contribution in [0.5, 0.6) is 0 Å². The fraction of sp³-hybridized carbons (Fsp3) is 0.0952. The summed E-state index contributed by atoms with van der Waals surface area (Å²) in [7, 11) is -0.446. The molecule has 67 heavy (non-hydrogen) atoms. The normalized spacial score (nSPS) is 12.0. The summed E-state index contributed by atoms with van der Waals surface area (Å²) in [4.78, 5) is 44.5. The van der Waals surface area contributed by atoms with Crippen molar-refractivity contribution in [3.05, 3.63) is 205 Å². The maximum absolute atomic E-state index is 12.8. The first-order valence-corrected chi connectivity index (χ1v) is 20.2. The van der Waals surface area contributed by atoms with E-state index in [9.17, 15) is 56.2 Å². The van der Waals surface area contributed by atoms with Gasteiger partial charge in [0.05, 0.1) is 21.2 Å². The Bertz CT molecular complexity index is 2720. The summed E-state index contributed by atoms with van der Waals surface area (Å²) in [5, 5.41) is 35.9. The van der Waals surface area contributed by atoms with Gasteiger partial charge in [-0.1, -0.05) is 120 Å². The van der Waals surface area contributed by atoms with Gasteiger partial charge in [-0.3, -0.25) is 29.8 Å². The molecule has 0 saturated carbocycles. The number of hydrogen-bond donors (Lipinski definition) is 3. The van der Waals surface area contributed by atoms with Crippen molar-refractivity contribution < 1.29 is 45.8 Å². The number of azide groups is 1. The SMILES string of the molecule is NC(=O)c1nn(-c2ccc(C(N)C(F)(F)F)cc2)cc1[N+](=O)[O-].[N-]=[N+]=NC(c1ccc(-n2cc([N+](=O)[O-])c(C(N)=O)n2)cc1)C(F)(F)F.c1ccc(P(c2ccccc2)c2ccccc2)cc1. The Morgan fingerprint density at radius 2 is 0.955 bits per heavy atom. The van der Waals surface area contributed by atoms with E-state index in [2.05, 4.69) is 111 Å². The van der Waals surface area contributed by atoms with E-state index in [1.807, 2.05) is 0 Å². The van der Waals surface area contributed by atoms with E-state index in [0.717, 1.165) is 46.0 Å². The summed E-state index contributed by atoms with van der Waals surface area (Å²) in [6, 6.07) is 36.9. The maximum Gasteiger partial charge on any atom is 0.407 e. The monoisotopic (exact) mass is 946 g/mol. The second kappa shape index (κ2) is 21.5. The van der Waals surface area contributed by atoms with Gasteiger partial charge in [0.1, 0.15) is 18.4 Å². The fourth-order valence-corrected chi connectivity index (χ4v) is 8.30. The molecule has 2 amide bonds. The molecule has 0 aliphatic heterocycles. The fourth-order valence-electron chi connectivity index (χ4n) is 6.00. The number of rotatable bonds is 12. The van der Waals surface area contributed by atoms with Crippen LogP contribution in [0.2, 0.25) is 0 Å². The third-order valence-electron chi connectivity index (χ3n) is 9.11. The Labute approximate surface area is 374 Å². The molecule has 0 fully saturated rings. The molecule has 25 heteroatoms. The van der Waals surface area contributed by atoms with Gasteiger partial charge in [-0.05, 0) is 64.8 Å². The van der Waals surface area contributed by atoms with Crippen molar-refractivity contribution in [2.24, 2.45) is 22.3 Å². The minimum atomic E-state index is -4.78. The zero-order valence-corrected chi connectivity index (χ0v) is 34.9. The van der Waals surface area contributed by atoms with Gasteiger partial charge in [0.2, 0.25) is 11.4 Å². The first-order valence-electron chi connectivity index (χ1n) is 18.9. The zero-order valence-electron chi connectivity index (χ0n) is 34.0. The summed E-state index contributed by atoms with van der Waals surface area (Å²) in [5.74, 6) is -2.21.